The fourth-order valence-corrected chi connectivity index (χ4v) is 1.39. The molecular weight excluding hydrogens is 307 g/mol. The van der Waals surface area contributed by atoms with E-state index in [1.165, 1.54) is 5.56 Å². The summed E-state index contributed by atoms with van der Waals surface area (Å²) in [5, 5.41) is 0. The van der Waals surface area contributed by atoms with E-state index in [2.05, 4.69) is 11.4 Å². The van der Waals surface area contributed by atoms with Crippen LogP contribution in [0.5, 0.6) is 5.75 Å². The third-order valence-electron chi connectivity index (χ3n) is 1.64. The molecule has 88 valence electrons. The predicted octanol–water partition coefficient (Wildman–Crippen LogP) is -5.79. The van der Waals surface area contributed by atoms with Gasteiger partial charge in [0.2, 0.25) is 0 Å². The molecule has 8 heteroatoms. The van der Waals surface area contributed by atoms with Crippen molar-refractivity contribution in [2.45, 2.75) is 19.8 Å². The average Bonchev–Trinajstić information content (AvgIpc) is 2.08. The molecule has 1 aromatic carbocycles. The van der Waals surface area contributed by atoms with Crippen LogP contribution in [0.4, 0.5) is 0 Å². The van der Waals surface area contributed by atoms with Gasteiger partial charge in [0, 0.05) is 0 Å². The van der Waals surface area contributed by atoms with E-state index in [9.17, 15) is 9.79 Å². The summed E-state index contributed by atoms with van der Waals surface area (Å²) >= 11 is 0. The predicted molar refractivity (Wildman–Crippen MR) is 59.5 cm³/mol. The number of hydrogen-bond donors (Lipinski definition) is 0. The second-order valence-corrected chi connectivity index (χ2v) is 3.34. The molecule has 0 saturated carbocycles. The van der Waals surface area contributed by atoms with E-state index in [0.29, 0.717) is 5.75 Å². The molecule has 0 atom stereocenters. The first kappa shape index (κ1) is 26.9. The van der Waals surface area contributed by atoms with Gasteiger partial charge in [0.1, 0.15) is 5.75 Å². The minimum Gasteiger partial charge on any atom is -1.00 e. The zero-order valence-corrected chi connectivity index (χ0v) is 14.8. The van der Waals surface area contributed by atoms with Gasteiger partial charge in [-0.15, -0.1) is 0 Å². The van der Waals surface area contributed by atoms with Crippen LogP contribution in [0.3, 0.4) is 0 Å². The van der Waals surface area contributed by atoms with Gasteiger partial charge in [0.25, 0.3) is 0 Å². The Bertz CT molecular complexity index is 263. The molecule has 0 saturated heterocycles. The van der Waals surface area contributed by atoms with Crippen molar-refractivity contribution in [2.75, 3.05) is 0 Å². The van der Waals surface area contributed by atoms with Crippen molar-refractivity contribution in [3.63, 3.8) is 0 Å². The van der Waals surface area contributed by atoms with Gasteiger partial charge in [-0.25, -0.2) is 0 Å². The van der Waals surface area contributed by atoms with E-state index >= 15 is 0 Å². The standard InChI is InChI=1S/C9H11O3P.2ClH.2Mg/c1-2-3-8-4-6-9(7-5-8)12-13(10)11;;;;/h4-7H,2-3H2,1H3;2*1H;;/q-2;;;2*+2/p-2. The quantitative estimate of drug-likeness (QED) is 0.411. The zero-order valence-electron chi connectivity index (χ0n) is 9.57. The molecule has 0 aliphatic carbocycles. The van der Waals surface area contributed by atoms with Crippen molar-refractivity contribution in [3.8, 4) is 5.75 Å². The molecule has 0 aromatic heterocycles. The van der Waals surface area contributed by atoms with E-state index in [-0.39, 0.29) is 70.9 Å². The summed E-state index contributed by atoms with van der Waals surface area (Å²) in [4.78, 5) is 20.4. The summed E-state index contributed by atoms with van der Waals surface area (Å²) in [6, 6.07) is 7.07. The van der Waals surface area contributed by atoms with Crippen LogP contribution >= 0.6 is 8.60 Å². The first-order valence-corrected chi connectivity index (χ1v) is 5.23. The van der Waals surface area contributed by atoms with Crippen molar-refractivity contribution >= 4 is 54.7 Å². The number of benzene rings is 1. The fraction of sp³-hybridized carbons (Fsp3) is 0.333. The molecule has 0 radical (unpaired) electrons. The number of halogens is 2. The molecule has 1 rings (SSSR count). The van der Waals surface area contributed by atoms with E-state index < -0.39 is 8.60 Å². The van der Waals surface area contributed by atoms with Gasteiger partial charge in [-0.2, -0.15) is 0 Å². The zero-order chi connectivity index (χ0) is 9.68. The second-order valence-electron chi connectivity index (χ2n) is 2.71. The minimum atomic E-state index is -2.79. The molecule has 0 amide bonds. The topological polar surface area (TPSA) is 55.3 Å². The maximum Gasteiger partial charge on any atom is 2.00 e. The Morgan fingerprint density at radius 1 is 1.06 bits per heavy atom. The van der Waals surface area contributed by atoms with Gasteiger partial charge in [0.15, 0.2) is 0 Å². The van der Waals surface area contributed by atoms with Crippen LogP contribution in [0.15, 0.2) is 24.3 Å². The Hall–Kier alpha value is 1.48. The molecule has 0 bridgehead atoms. The van der Waals surface area contributed by atoms with Crippen LogP contribution in [0, 0.1) is 0 Å². The summed E-state index contributed by atoms with van der Waals surface area (Å²) in [6.45, 7) is 2.10. The van der Waals surface area contributed by atoms with Gasteiger partial charge in [0.05, 0.1) is 0 Å². The first-order chi connectivity index (χ1) is 6.22. The Balaban J connectivity index is -0.000000211. The number of hydrogen-bond acceptors (Lipinski definition) is 3. The molecule has 3 nitrogen and oxygen atoms in total. The Kier molecular flexibility index (Phi) is 24.6. The van der Waals surface area contributed by atoms with Gasteiger partial charge in [-0.05, 0) is 24.1 Å². The molecule has 0 heterocycles. The molecule has 0 N–H and O–H groups in total. The van der Waals surface area contributed by atoms with Crippen LogP contribution < -0.4 is 39.1 Å². The first-order valence-electron chi connectivity index (χ1n) is 4.13. The summed E-state index contributed by atoms with van der Waals surface area (Å²) < 4.78 is 4.50. The minimum absolute atomic E-state index is 0. The Morgan fingerprint density at radius 3 is 1.88 bits per heavy atom. The van der Waals surface area contributed by atoms with Gasteiger partial charge in [-0.3, -0.25) is 0 Å². The molecule has 0 fully saturated rings. The van der Waals surface area contributed by atoms with E-state index in [0.717, 1.165) is 12.8 Å². The smallest absolute Gasteiger partial charge is 1.00 e. The number of rotatable bonds is 4. The van der Waals surface area contributed by atoms with Crippen molar-refractivity contribution in [1.29, 1.82) is 0 Å². The summed E-state index contributed by atoms with van der Waals surface area (Å²) in [5.74, 6) is 0.371. The van der Waals surface area contributed by atoms with Crippen molar-refractivity contribution in [2.24, 2.45) is 0 Å². The Labute approximate surface area is 148 Å². The third kappa shape index (κ3) is 12.3. The monoisotopic (exact) mass is 316 g/mol. The summed E-state index contributed by atoms with van der Waals surface area (Å²) in [6.07, 6.45) is 2.08. The van der Waals surface area contributed by atoms with Gasteiger partial charge < -0.3 is 39.1 Å². The molecular formula is C9H11Cl2Mg2O3P. The van der Waals surface area contributed by atoms with Crippen molar-refractivity contribution < 1.29 is 39.1 Å². The van der Waals surface area contributed by atoms with Crippen LogP contribution in [-0.4, -0.2) is 46.1 Å². The van der Waals surface area contributed by atoms with E-state index in [1.807, 2.05) is 12.1 Å². The molecule has 0 aliphatic heterocycles. The average molecular weight is 318 g/mol. The summed E-state index contributed by atoms with van der Waals surface area (Å²) in [5.41, 5.74) is 1.19. The molecule has 0 aliphatic rings. The van der Waals surface area contributed by atoms with Crippen molar-refractivity contribution in [1.82, 2.24) is 0 Å². The van der Waals surface area contributed by atoms with E-state index in [4.69, 9.17) is 0 Å². The van der Waals surface area contributed by atoms with Gasteiger partial charge in [-0.1, -0.05) is 34.1 Å². The van der Waals surface area contributed by atoms with E-state index in [1.54, 1.807) is 12.1 Å². The van der Waals surface area contributed by atoms with Crippen LogP contribution in [-0.2, 0) is 6.42 Å². The SMILES string of the molecule is CCCc1ccc(OP([O-])[O-])cc1.[Cl-].[Cl-].[Mg+2].[Mg+2]. The maximum absolute atomic E-state index is 10.2. The number of aryl methyl sites for hydroxylation is 1. The molecule has 1 aromatic rings. The van der Waals surface area contributed by atoms with Crippen LogP contribution in [0.1, 0.15) is 18.9 Å². The fourth-order valence-electron chi connectivity index (χ4n) is 1.09. The largest absolute Gasteiger partial charge is 2.00 e. The molecule has 0 spiro atoms. The van der Waals surface area contributed by atoms with Crippen LogP contribution in [0.25, 0.3) is 0 Å². The normalized spacial score (nSPS) is 8.00. The van der Waals surface area contributed by atoms with Crippen LogP contribution in [0.2, 0.25) is 0 Å². The maximum atomic E-state index is 10.2. The molecule has 17 heavy (non-hydrogen) atoms. The second kappa shape index (κ2) is 15.5. The summed E-state index contributed by atoms with van der Waals surface area (Å²) in [7, 11) is -2.79. The van der Waals surface area contributed by atoms with Gasteiger partial charge >= 0.3 is 46.1 Å². The van der Waals surface area contributed by atoms with Crippen molar-refractivity contribution in [3.05, 3.63) is 29.8 Å². The molecule has 0 unspecified atom stereocenters. The Morgan fingerprint density at radius 2 is 1.53 bits per heavy atom. The third-order valence-corrected chi connectivity index (χ3v) is 2.00.